The second kappa shape index (κ2) is 7.17. The highest BCUT2D eigenvalue weighted by atomic mass is 19.4. The minimum absolute atomic E-state index is 0.00756. The van der Waals surface area contributed by atoms with E-state index >= 15 is 0 Å². The van der Waals surface area contributed by atoms with E-state index in [4.69, 9.17) is 4.74 Å². The summed E-state index contributed by atoms with van der Waals surface area (Å²) in [6, 6.07) is 14.0. The minimum atomic E-state index is -4.36. The van der Waals surface area contributed by atoms with Gasteiger partial charge in [0.25, 0.3) is 0 Å². The Kier molecular flexibility index (Phi) is 4.86. The number of anilines is 1. The van der Waals surface area contributed by atoms with Crippen LogP contribution in [0.1, 0.15) is 41.7 Å². The summed E-state index contributed by atoms with van der Waals surface area (Å²) in [6.45, 7) is 0.695. The van der Waals surface area contributed by atoms with Crippen LogP contribution in [0.5, 0.6) is 0 Å². The van der Waals surface area contributed by atoms with Crippen molar-refractivity contribution in [2.75, 3.05) is 18.9 Å². The predicted octanol–water partition coefficient (Wildman–Crippen LogP) is 4.93. The molecule has 3 nitrogen and oxygen atoms in total. The summed E-state index contributed by atoms with van der Waals surface area (Å²) in [6.07, 6.45) is -2.91. The van der Waals surface area contributed by atoms with Gasteiger partial charge in [-0.2, -0.15) is 13.2 Å². The summed E-state index contributed by atoms with van der Waals surface area (Å²) in [5.41, 5.74) is 1.85. The molecule has 1 saturated heterocycles. The van der Waals surface area contributed by atoms with Crippen LogP contribution in [0.25, 0.3) is 0 Å². The van der Waals surface area contributed by atoms with Crippen molar-refractivity contribution < 1.29 is 17.9 Å². The highest BCUT2D eigenvalue weighted by Crippen LogP contribution is 2.51. The highest BCUT2D eigenvalue weighted by Gasteiger charge is 2.43. The van der Waals surface area contributed by atoms with Gasteiger partial charge in [0, 0.05) is 23.7 Å². The van der Waals surface area contributed by atoms with E-state index in [0.29, 0.717) is 12.1 Å². The van der Waals surface area contributed by atoms with Gasteiger partial charge in [0.05, 0.1) is 23.8 Å². The van der Waals surface area contributed by atoms with Crippen molar-refractivity contribution in [3.8, 4) is 0 Å². The first-order valence-electron chi connectivity index (χ1n) is 9.30. The summed E-state index contributed by atoms with van der Waals surface area (Å²) in [7, 11) is 1.86. The zero-order chi connectivity index (χ0) is 19.0. The van der Waals surface area contributed by atoms with Crippen molar-refractivity contribution in [2.24, 2.45) is 5.92 Å². The maximum Gasteiger partial charge on any atom is 0.416 e. The topological polar surface area (TPSA) is 33.3 Å². The van der Waals surface area contributed by atoms with E-state index in [2.05, 4.69) is 22.8 Å². The molecule has 2 heterocycles. The summed E-state index contributed by atoms with van der Waals surface area (Å²) in [5, 5.41) is 6.59. The van der Waals surface area contributed by atoms with E-state index in [1.54, 1.807) is 0 Å². The molecule has 2 aliphatic rings. The molecular formula is C21H23F3N2O. The van der Waals surface area contributed by atoms with Gasteiger partial charge >= 0.3 is 6.18 Å². The number of nitrogens with one attached hydrogen (secondary N) is 2. The van der Waals surface area contributed by atoms with Crippen LogP contribution in [0.4, 0.5) is 18.9 Å². The van der Waals surface area contributed by atoms with Gasteiger partial charge in [-0.05, 0) is 43.7 Å². The van der Waals surface area contributed by atoms with Crippen LogP contribution in [0.2, 0.25) is 0 Å². The Morgan fingerprint density at radius 3 is 2.59 bits per heavy atom. The Morgan fingerprint density at radius 1 is 1.11 bits per heavy atom. The molecule has 0 bridgehead atoms. The number of fused-ring (bicyclic) bond motifs is 3. The fourth-order valence-electron chi connectivity index (χ4n) is 4.30. The number of hydrogen-bond acceptors (Lipinski definition) is 3. The average Bonchev–Trinajstić information content (AvgIpc) is 2.67. The Labute approximate surface area is 156 Å². The lowest BCUT2D eigenvalue weighted by atomic mass is 9.76. The molecule has 6 heteroatoms. The number of benzene rings is 2. The maximum absolute atomic E-state index is 13.2. The maximum atomic E-state index is 13.2. The average molecular weight is 376 g/mol. The van der Waals surface area contributed by atoms with E-state index in [-0.39, 0.29) is 24.2 Å². The third-order valence-corrected chi connectivity index (χ3v) is 5.56. The Hall–Kier alpha value is -2.05. The molecule has 0 saturated carbocycles. The Morgan fingerprint density at radius 2 is 1.89 bits per heavy atom. The van der Waals surface area contributed by atoms with Crippen molar-refractivity contribution in [3.63, 3.8) is 0 Å². The molecule has 2 N–H and O–H groups in total. The molecule has 0 aliphatic carbocycles. The first-order chi connectivity index (χ1) is 13.0. The fraction of sp³-hybridized carbons (Fsp3) is 0.429. The summed E-state index contributed by atoms with van der Waals surface area (Å²) < 4.78 is 46.1. The molecule has 0 aromatic heterocycles. The standard InChI is InChI=1S/C21H23F3N2O/c1-25-12-15-8-9-16-19(13-5-3-2-4-6-13)26-18-10-7-14(21(22,23)24)11-17(18)20(16)27-15/h2-7,10-11,15-16,19-20,25-26H,8-9,12H2,1H3/t15-,16+,19+,20+/m1/s1. The van der Waals surface area contributed by atoms with Crippen LogP contribution in [-0.4, -0.2) is 19.7 Å². The van der Waals surface area contributed by atoms with Gasteiger partial charge in [0.1, 0.15) is 0 Å². The fourth-order valence-corrected chi connectivity index (χ4v) is 4.30. The molecule has 144 valence electrons. The molecule has 0 unspecified atom stereocenters. The molecular weight excluding hydrogens is 353 g/mol. The van der Waals surface area contributed by atoms with Crippen LogP contribution in [-0.2, 0) is 10.9 Å². The van der Waals surface area contributed by atoms with Crippen LogP contribution in [0, 0.1) is 5.92 Å². The zero-order valence-corrected chi connectivity index (χ0v) is 15.1. The van der Waals surface area contributed by atoms with E-state index in [1.807, 2.05) is 25.2 Å². The van der Waals surface area contributed by atoms with Crippen molar-refractivity contribution in [2.45, 2.75) is 37.3 Å². The Bertz CT molecular complexity index is 794. The lowest BCUT2D eigenvalue weighted by molar-refractivity contribution is -0.138. The highest BCUT2D eigenvalue weighted by molar-refractivity contribution is 5.58. The van der Waals surface area contributed by atoms with Gasteiger partial charge in [0.2, 0.25) is 0 Å². The largest absolute Gasteiger partial charge is 0.416 e. The van der Waals surface area contributed by atoms with Crippen molar-refractivity contribution in [1.82, 2.24) is 5.32 Å². The number of rotatable bonds is 3. The molecule has 4 atom stereocenters. The van der Waals surface area contributed by atoms with Gasteiger partial charge in [-0.1, -0.05) is 30.3 Å². The molecule has 4 rings (SSSR count). The van der Waals surface area contributed by atoms with Gasteiger partial charge in [-0.15, -0.1) is 0 Å². The van der Waals surface area contributed by atoms with Crippen LogP contribution in [0.15, 0.2) is 48.5 Å². The van der Waals surface area contributed by atoms with Crippen LogP contribution in [0.3, 0.4) is 0 Å². The number of alkyl halides is 3. The zero-order valence-electron chi connectivity index (χ0n) is 15.1. The normalized spacial score (nSPS) is 27.4. The quantitative estimate of drug-likeness (QED) is 0.797. The summed E-state index contributed by atoms with van der Waals surface area (Å²) in [5.74, 6) is 0.0940. The first-order valence-corrected chi connectivity index (χ1v) is 9.30. The summed E-state index contributed by atoms with van der Waals surface area (Å²) in [4.78, 5) is 0. The van der Waals surface area contributed by atoms with Gasteiger partial charge in [0.15, 0.2) is 0 Å². The molecule has 0 spiro atoms. The van der Waals surface area contributed by atoms with E-state index < -0.39 is 11.7 Å². The molecule has 0 radical (unpaired) electrons. The third kappa shape index (κ3) is 3.56. The lowest BCUT2D eigenvalue weighted by Crippen LogP contribution is -2.41. The predicted molar refractivity (Wildman–Crippen MR) is 98.5 cm³/mol. The van der Waals surface area contributed by atoms with E-state index in [9.17, 15) is 13.2 Å². The van der Waals surface area contributed by atoms with Gasteiger partial charge in [-0.25, -0.2) is 0 Å². The summed E-state index contributed by atoms with van der Waals surface area (Å²) >= 11 is 0. The van der Waals surface area contributed by atoms with E-state index in [1.165, 1.54) is 12.1 Å². The second-order valence-electron chi connectivity index (χ2n) is 7.31. The smallest absolute Gasteiger partial charge is 0.378 e. The van der Waals surface area contributed by atoms with Crippen LogP contribution >= 0.6 is 0 Å². The second-order valence-corrected chi connectivity index (χ2v) is 7.31. The molecule has 2 aromatic rings. The molecule has 27 heavy (non-hydrogen) atoms. The van der Waals surface area contributed by atoms with Gasteiger partial charge in [-0.3, -0.25) is 0 Å². The van der Waals surface area contributed by atoms with Crippen molar-refractivity contribution >= 4 is 5.69 Å². The monoisotopic (exact) mass is 376 g/mol. The Balaban J connectivity index is 1.75. The third-order valence-electron chi connectivity index (χ3n) is 5.56. The minimum Gasteiger partial charge on any atom is -0.378 e. The number of ether oxygens (including phenoxy) is 1. The molecule has 0 amide bonds. The molecule has 2 aliphatic heterocycles. The number of likely N-dealkylation sites (N-methyl/N-ethyl adjacent to an activating group) is 1. The lowest BCUT2D eigenvalue weighted by Gasteiger charge is -2.46. The molecule has 2 aromatic carbocycles. The van der Waals surface area contributed by atoms with Crippen molar-refractivity contribution in [1.29, 1.82) is 0 Å². The van der Waals surface area contributed by atoms with E-state index in [0.717, 1.165) is 30.2 Å². The number of hydrogen-bond donors (Lipinski definition) is 2. The molecule has 1 fully saturated rings. The first kappa shape index (κ1) is 18.3. The van der Waals surface area contributed by atoms with Crippen LogP contribution < -0.4 is 10.6 Å². The number of halogens is 3. The SMILES string of the molecule is CNC[C@H]1CC[C@@H]2[C@H](O1)c1cc(C(F)(F)F)ccc1N[C@H]2c1ccccc1. The van der Waals surface area contributed by atoms with Gasteiger partial charge < -0.3 is 15.4 Å². The van der Waals surface area contributed by atoms with Crippen molar-refractivity contribution in [3.05, 3.63) is 65.2 Å².